The monoisotopic (exact) mass is 266 g/mol. The van der Waals surface area contributed by atoms with Crippen LogP contribution in [0.5, 0.6) is 5.75 Å². The van der Waals surface area contributed by atoms with Gasteiger partial charge in [-0.1, -0.05) is 19.9 Å². The van der Waals surface area contributed by atoms with Gasteiger partial charge in [0.05, 0.1) is 12.3 Å². The van der Waals surface area contributed by atoms with Crippen LogP contribution in [0.1, 0.15) is 25.2 Å². The summed E-state index contributed by atoms with van der Waals surface area (Å²) in [6, 6.07) is 1.27. The van der Waals surface area contributed by atoms with E-state index >= 15 is 0 Å². The fraction of sp³-hybridized carbons (Fsp3) is 0.500. The van der Waals surface area contributed by atoms with E-state index in [1.54, 1.807) is 10.6 Å². The fourth-order valence-corrected chi connectivity index (χ4v) is 2.05. The molecule has 0 unspecified atom stereocenters. The first-order valence-electron chi connectivity index (χ1n) is 6.47. The summed E-state index contributed by atoms with van der Waals surface area (Å²) in [6.45, 7) is 10.0. The maximum absolute atomic E-state index is 11.7. The SMILES string of the molecule is C=CCn1c(CO)cc(=O)c(O)c1CN(CC)CC. The third-order valence-corrected chi connectivity index (χ3v) is 3.22. The van der Waals surface area contributed by atoms with E-state index < -0.39 is 5.43 Å². The van der Waals surface area contributed by atoms with Crippen LogP contribution in [0, 0.1) is 0 Å². The van der Waals surface area contributed by atoms with Crippen molar-refractivity contribution in [3.8, 4) is 5.75 Å². The van der Waals surface area contributed by atoms with Crippen molar-refractivity contribution in [2.75, 3.05) is 13.1 Å². The zero-order valence-corrected chi connectivity index (χ0v) is 11.6. The molecule has 0 fully saturated rings. The number of aliphatic hydroxyl groups excluding tert-OH is 1. The van der Waals surface area contributed by atoms with E-state index in [1.807, 2.05) is 13.8 Å². The molecule has 1 aromatic heterocycles. The standard InChI is InChI=1S/C14H22N2O3/c1-4-7-16-11(10-17)8-13(18)14(19)12(16)9-15(5-2)6-3/h4,8,17,19H,1,5-7,9-10H2,2-3H3. The lowest BCUT2D eigenvalue weighted by Gasteiger charge is -2.23. The predicted octanol–water partition coefficient (Wildman–Crippen LogP) is 1.07. The van der Waals surface area contributed by atoms with Crippen molar-refractivity contribution >= 4 is 0 Å². The molecule has 0 saturated heterocycles. The second-order valence-electron chi connectivity index (χ2n) is 4.31. The number of nitrogens with zero attached hydrogens (tertiary/aromatic N) is 2. The molecule has 5 nitrogen and oxygen atoms in total. The van der Waals surface area contributed by atoms with E-state index in [9.17, 15) is 15.0 Å². The van der Waals surface area contributed by atoms with Crippen LogP contribution in [0.3, 0.4) is 0 Å². The number of hydrogen-bond donors (Lipinski definition) is 2. The van der Waals surface area contributed by atoms with E-state index in [2.05, 4.69) is 11.5 Å². The minimum Gasteiger partial charge on any atom is -0.503 e. The zero-order chi connectivity index (χ0) is 14.4. The first-order valence-corrected chi connectivity index (χ1v) is 6.47. The second kappa shape index (κ2) is 7.11. The second-order valence-corrected chi connectivity index (χ2v) is 4.31. The van der Waals surface area contributed by atoms with Gasteiger partial charge in [-0.25, -0.2) is 0 Å². The molecule has 0 bridgehead atoms. The number of aromatic nitrogens is 1. The van der Waals surface area contributed by atoms with Crippen molar-refractivity contribution in [3.05, 3.63) is 40.3 Å². The van der Waals surface area contributed by atoms with E-state index in [4.69, 9.17) is 0 Å². The number of aromatic hydroxyl groups is 1. The summed E-state index contributed by atoms with van der Waals surface area (Å²) in [5.74, 6) is -0.244. The predicted molar refractivity (Wildman–Crippen MR) is 75.1 cm³/mol. The van der Waals surface area contributed by atoms with Crippen molar-refractivity contribution in [1.82, 2.24) is 9.47 Å². The Morgan fingerprint density at radius 2 is 2.05 bits per heavy atom. The Bertz CT molecular complexity index is 490. The molecule has 1 aromatic rings. The van der Waals surface area contributed by atoms with Crippen molar-refractivity contribution < 1.29 is 10.2 Å². The van der Waals surface area contributed by atoms with Gasteiger partial charge < -0.3 is 14.8 Å². The number of rotatable bonds is 7. The largest absolute Gasteiger partial charge is 0.503 e. The van der Waals surface area contributed by atoms with E-state index in [0.29, 0.717) is 24.5 Å². The topological polar surface area (TPSA) is 65.7 Å². The highest BCUT2D eigenvalue weighted by molar-refractivity contribution is 5.30. The van der Waals surface area contributed by atoms with Gasteiger partial charge in [0, 0.05) is 24.8 Å². The van der Waals surface area contributed by atoms with Gasteiger partial charge in [0.2, 0.25) is 5.43 Å². The summed E-state index contributed by atoms with van der Waals surface area (Å²) in [7, 11) is 0. The zero-order valence-electron chi connectivity index (χ0n) is 11.6. The third kappa shape index (κ3) is 3.45. The van der Waals surface area contributed by atoms with Crippen LogP contribution in [0.2, 0.25) is 0 Å². The molecule has 1 heterocycles. The van der Waals surface area contributed by atoms with Crippen LogP contribution in [0.4, 0.5) is 0 Å². The van der Waals surface area contributed by atoms with Gasteiger partial charge in [0.15, 0.2) is 5.75 Å². The molecule has 0 aliphatic carbocycles. The van der Waals surface area contributed by atoms with Crippen LogP contribution in [0.15, 0.2) is 23.5 Å². The molecule has 5 heteroatoms. The van der Waals surface area contributed by atoms with E-state index in [-0.39, 0.29) is 12.4 Å². The van der Waals surface area contributed by atoms with E-state index in [0.717, 1.165) is 13.1 Å². The molecule has 0 aromatic carbocycles. The maximum Gasteiger partial charge on any atom is 0.223 e. The molecular weight excluding hydrogens is 244 g/mol. The summed E-state index contributed by atoms with van der Waals surface area (Å²) in [4.78, 5) is 13.8. The first-order chi connectivity index (χ1) is 9.08. The van der Waals surface area contributed by atoms with Crippen molar-refractivity contribution in [1.29, 1.82) is 0 Å². The quantitative estimate of drug-likeness (QED) is 0.725. The lowest BCUT2D eigenvalue weighted by Crippen LogP contribution is -2.27. The number of allylic oxidation sites excluding steroid dienone is 1. The molecule has 106 valence electrons. The Hall–Kier alpha value is -1.59. The maximum atomic E-state index is 11.7. The summed E-state index contributed by atoms with van der Waals surface area (Å²) in [5.41, 5.74) is 0.566. The van der Waals surface area contributed by atoms with Crippen LogP contribution < -0.4 is 5.43 Å². The van der Waals surface area contributed by atoms with Crippen LogP contribution in [-0.4, -0.2) is 32.8 Å². The van der Waals surface area contributed by atoms with Gasteiger partial charge in [0.1, 0.15) is 0 Å². The Labute approximate surface area is 113 Å². The van der Waals surface area contributed by atoms with Crippen molar-refractivity contribution in [3.63, 3.8) is 0 Å². The molecule has 19 heavy (non-hydrogen) atoms. The van der Waals surface area contributed by atoms with Gasteiger partial charge >= 0.3 is 0 Å². The Balaban J connectivity index is 3.35. The lowest BCUT2D eigenvalue weighted by molar-refractivity contribution is 0.258. The molecule has 0 atom stereocenters. The third-order valence-electron chi connectivity index (χ3n) is 3.22. The smallest absolute Gasteiger partial charge is 0.223 e. The van der Waals surface area contributed by atoms with Gasteiger partial charge in [-0.15, -0.1) is 6.58 Å². The Morgan fingerprint density at radius 3 is 2.53 bits per heavy atom. The van der Waals surface area contributed by atoms with Crippen molar-refractivity contribution in [2.45, 2.75) is 33.5 Å². The average molecular weight is 266 g/mol. The van der Waals surface area contributed by atoms with Crippen LogP contribution in [-0.2, 0) is 19.7 Å². The number of pyridine rings is 1. The molecule has 0 spiro atoms. The minimum atomic E-state index is -0.452. The summed E-state index contributed by atoms with van der Waals surface area (Å²) in [6.07, 6.45) is 1.68. The fourth-order valence-electron chi connectivity index (χ4n) is 2.05. The van der Waals surface area contributed by atoms with Crippen molar-refractivity contribution in [2.24, 2.45) is 0 Å². The molecule has 0 saturated carbocycles. The van der Waals surface area contributed by atoms with Gasteiger partial charge in [-0.2, -0.15) is 0 Å². The highest BCUT2D eigenvalue weighted by Crippen LogP contribution is 2.17. The first kappa shape index (κ1) is 15.5. The lowest BCUT2D eigenvalue weighted by atomic mass is 10.2. The molecular formula is C14H22N2O3. The molecule has 2 N–H and O–H groups in total. The molecule has 0 radical (unpaired) electrons. The molecule has 1 rings (SSSR count). The number of aliphatic hydroxyl groups is 1. The Kier molecular flexibility index (Phi) is 5.79. The minimum absolute atomic E-state index is 0.241. The molecule has 0 amide bonds. The Morgan fingerprint density at radius 1 is 1.42 bits per heavy atom. The highest BCUT2D eigenvalue weighted by Gasteiger charge is 2.15. The summed E-state index contributed by atoms with van der Waals surface area (Å²) < 4.78 is 1.74. The average Bonchev–Trinajstić information content (AvgIpc) is 2.42. The van der Waals surface area contributed by atoms with E-state index in [1.165, 1.54) is 6.07 Å². The summed E-state index contributed by atoms with van der Waals surface area (Å²) >= 11 is 0. The van der Waals surface area contributed by atoms with Crippen LogP contribution in [0.25, 0.3) is 0 Å². The highest BCUT2D eigenvalue weighted by atomic mass is 16.3. The number of hydrogen-bond acceptors (Lipinski definition) is 4. The van der Waals surface area contributed by atoms with Crippen LogP contribution >= 0.6 is 0 Å². The summed E-state index contributed by atoms with van der Waals surface area (Å²) in [5, 5.41) is 19.3. The van der Waals surface area contributed by atoms with Gasteiger partial charge in [-0.05, 0) is 13.1 Å². The normalized spacial score (nSPS) is 10.9. The molecule has 0 aliphatic heterocycles. The van der Waals surface area contributed by atoms with Gasteiger partial charge in [0.25, 0.3) is 0 Å². The molecule has 0 aliphatic rings. The van der Waals surface area contributed by atoms with Gasteiger partial charge in [-0.3, -0.25) is 9.69 Å².